The number of fused-ring (bicyclic) bond motifs is 1. The van der Waals surface area contributed by atoms with Gasteiger partial charge in [0.05, 0.1) is 18.1 Å². The Morgan fingerprint density at radius 2 is 2.29 bits per heavy atom. The van der Waals surface area contributed by atoms with Crippen LogP contribution < -0.4 is 4.74 Å². The minimum atomic E-state index is -0.158. The van der Waals surface area contributed by atoms with Crippen molar-refractivity contribution in [3.63, 3.8) is 0 Å². The highest BCUT2D eigenvalue weighted by atomic mass is 16.5. The standard InChI is InChI=1S/C11H12O3/c1-13-6-8-7-14-10-5-3-2-4-9(10)11(8)12/h2-5,8H,6-7H2,1H3. The van der Waals surface area contributed by atoms with Gasteiger partial charge in [-0.2, -0.15) is 0 Å². The van der Waals surface area contributed by atoms with Crippen molar-refractivity contribution in [3.8, 4) is 5.75 Å². The van der Waals surface area contributed by atoms with E-state index in [0.717, 1.165) is 0 Å². The zero-order valence-electron chi connectivity index (χ0n) is 8.03. The molecule has 1 heterocycles. The van der Waals surface area contributed by atoms with Crippen LogP contribution in [0.25, 0.3) is 0 Å². The van der Waals surface area contributed by atoms with Crippen LogP contribution in [0.4, 0.5) is 0 Å². The molecule has 74 valence electrons. The molecule has 0 bridgehead atoms. The summed E-state index contributed by atoms with van der Waals surface area (Å²) >= 11 is 0. The van der Waals surface area contributed by atoms with Gasteiger partial charge in [0.15, 0.2) is 5.78 Å². The summed E-state index contributed by atoms with van der Waals surface area (Å²) in [5, 5.41) is 0. The van der Waals surface area contributed by atoms with Gasteiger partial charge in [0.25, 0.3) is 0 Å². The lowest BCUT2D eigenvalue weighted by Gasteiger charge is -2.23. The third-order valence-electron chi connectivity index (χ3n) is 2.33. The van der Waals surface area contributed by atoms with E-state index >= 15 is 0 Å². The largest absolute Gasteiger partial charge is 0.492 e. The van der Waals surface area contributed by atoms with E-state index in [-0.39, 0.29) is 11.7 Å². The first kappa shape index (κ1) is 9.21. The molecule has 0 N–H and O–H groups in total. The van der Waals surface area contributed by atoms with Gasteiger partial charge in [-0.1, -0.05) is 12.1 Å². The smallest absolute Gasteiger partial charge is 0.175 e. The fraction of sp³-hybridized carbons (Fsp3) is 0.364. The predicted octanol–water partition coefficient (Wildman–Crippen LogP) is 1.52. The molecule has 2 rings (SSSR count). The summed E-state index contributed by atoms with van der Waals surface area (Å²) in [7, 11) is 1.59. The Bertz CT molecular complexity index is 346. The van der Waals surface area contributed by atoms with Gasteiger partial charge >= 0.3 is 0 Å². The van der Waals surface area contributed by atoms with Crippen LogP contribution >= 0.6 is 0 Å². The Morgan fingerprint density at radius 3 is 3.07 bits per heavy atom. The average molecular weight is 192 g/mol. The van der Waals surface area contributed by atoms with Crippen LogP contribution in [-0.2, 0) is 4.74 Å². The summed E-state index contributed by atoms with van der Waals surface area (Å²) in [6.45, 7) is 0.844. The molecule has 0 fully saturated rings. The molecule has 1 aliphatic heterocycles. The van der Waals surface area contributed by atoms with Crippen molar-refractivity contribution in [1.82, 2.24) is 0 Å². The second-order valence-corrected chi connectivity index (χ2v) is 3.32. The van der Waals surface area contributed by atoms with Crippen molar-refractivity contribution >= 4 is 5.78 Å². The second kappa shape index (κ2) is 3.80. The van der Waals surface area contributed by atoms with Crippen LogP contribution in [0.3, 0.4) is 0 Å². The molecule has 1 aliphatic rings. The van der Waals surface area contributed by atoms with E-state index in [0.29, 0.717) is 24.5 Å². The Morgan fingerprint density at radius 1 is 1.50 bits per heavy atom. The molecule has 1 aromatic rings. The van der Waals surface area contributed by atoms with Gasteiger partial charge < -0.3 is 9.47 Å². The van der Waals surface area contributed by atoms with Crippen LogP contribution in [0.2, 0.25) is 0 Å². The number of carbonyl (C=O) groups is 1. The van der Waals surface area contributed by atoms with Crippen molar-refractivity contribution in [2.75, 3.05) is 20.3 Å². The molecule has 1 atom stereocenters. The van der Waals surface area contributed by atoms with E-state index in [4.69, 9.17) is 9.47 Å². The summed E-state index contributed by atoms with van der Waals surface area (Å²) in [5.41, 5.74) is 0.667. The summed E-state index contributed by atoms with van der Waals surface area (Å²) in [5.74, 6) is 0.647. The van der Waals surface area contributed by atoms with Gasteiger partial charge in [-0.15, -0.1) is 0 Å². The van der Waals surface area contributed by atoms with Crippen molar-refractivity contribution in [2.45, 2.75) is 0 Å². The monoisotopic (exact) mass is 192 g/mol. The van der Waals surface area contributed by atoms with Crippen molar-refractivity contribution in [1.29, 1.82) is 0 Å². The average Bonchev–Trinajstić information content (AvgIpc) is 2.23. The van der Waals surface area contributed by atoms with E-state index < -0.39 is 0 Å². The second-order valence-electron chi connectivity index (χ2n) is 3.32. The maximum Gasteiger partial charge on any atom is 0.175 e. The molecule has 0 saturated carbocycles. The fourth-order valence-electron chi connectivity index (χ4n) is 1.61. The highest BCUT2D eigenvalue weighted by Gasteiger charge is 2.28. The highest BCUT2D eigenvalue weighted by Crippen LogP contribution is 2.26. The number of ether oxygens (including phenoxy) is 2. The third kappa shape index (κ3) is 1.51. The van der Waals surface area contributed by atoms with E-state index in [1.54, 1.807) is 13.2 Å². The van der Waals surface area contributed by atoms with Gasteiger partial charge in [0, 0.05) is 7.11 Å². The van der Waals surface area contributed by atoms with E-state index in [1.807, 2.05) is 18.2 Å². The molecular weight excluding hydrogens is 180 g/mol. The Labute approximate surface area is 82.6 Å². The lowest BCUT2D eigenvalue weighted by atomic mass is 9.96. The van der Waals surface area contributed by atoms with Crippen LogP contribution in [-0.4, -0.2) is 26.1 Å². The molecule has 0 saturated heterocycles. The minimum Gasteiger partial charge on any atom is -0.492 e. The first-order chi connectivity index (χ1) is 6.83. The number of hydrogen-bond donors (Lipinski definition) is 0. The van der Waals surface area contributed by atoms with Crippen LogP contribution in [0.15, 0.2) is 24.3 Å². The van der Waals surface area contributed by atoms with Crippen molar-refractivity contribution in [3.05, 3.63) is 29.8 Å². The van der Waals surface area contributed by atoms with Crippen molar-refractivity contribution < 1.29 is 14.3 Å². The van der Waals surface area contributed by atoms with E-state index in [1.165, 1.54) is 0 Å². The number of Topliss-reactive ketones (excluding diaryl/α,β-unsaturated/α-hetero) is 1. The SMILES string of the molecule is COCC1COc2ccccc2C1=O. The fourth-order valence-corrected chi connectivity index (χ4v) is 1.61. The van der Waals surface area contributed by atoms with E-state index in [9.17, 15) is 4.79 Å². The van der Waals surface area contributed by atoms with Gasteiger partial charge in [0.1, 0.15) is 12.4 Å². The van der Waals surface area contributed by atoms with Crippen LogP contribution in [0.1, 0.15) is 10.4 Å². The van der Waals surface area contributed by atoms with Gasteiger partial charge in [-0.25, -0.2) is 0 Å². The molecule has 0 aromatic heterocycles. The first-order valence-electron chi connectivity index (χ1n) is 4.58. The molecule has 3 nitrogen and oxygen atoms in total. The molecule has 0 amide bonds. The van der Waals surface area contributed by atoms with Crippen LogP contribution in [0.5, 0.6) is 5.75 Å². The van der Waals surface area contributed by atoms with Crippen molar-refractivity contribution in [2.24, 2.45) is 5.92 Å². The summed E-state index contributed by atoms with van der Waals surface area (Å²) < 4.78 is 10.4. The Balaban J connectivity index is 2.27. The number of rotatable bonds is 2. The normalized spacial score (nSPS) is 20.1. The summed E-state index contributed by atoms with van der Waals surface area (Å²) in [6.07, 6.45) is 0. The predicted molar refractivity (Wildman–Crippen MR) is 51.6 cm³/mol. The first-order valence-corrected chi connectivity index (χ1v) is 4.58. The number of carbonyl (C=O) groups excluding carboxylic acids is 1. The van der Waals surface area contributed by atoms with Gasteiger partial charge in [-0.3, -0.25) is 4.79 Å². The minimum absolute atomic E-state index is 0.119. The summed E-state index contributed by atoms with van der Waals surface area (Å²) in [6, 6.07) is 7.31. The number of benzene rings is 1. The molecule has 0 radical (unpaired) electrons. The number of hydrogen-bond acceptors (Lipinski definition) is 3. The molecule has 3 heteroatoms. The van der Waals surface area contributed by atoms with Gasteiger partial charge in [-0.05, 0) is 12.1 Å². The highest BCUT2D eigenvalue weighted by molar-refractivity contribution is 6.01. The number of ketones is 1. The molecular formula is C11H12O3. The molecule has 1 aromatic carbocycles. The topological polar surface area (TPSA) is 35.5 Å². The number of para-hydroxylation sites is 1. The maximum absolute atomic E-state index is 11.8. The molecule has 0 spiro atoms. The van der Waals surface area contributed by atoms with Gasteiger partial charge in [0.2, 0.25) is 0 Å². The Hall–Kier alpha value is -1.35. The van der Waals surface area contributed by atoms with E-state index in [2.05, 4.69) is 0 Å². The zero-order valence-corrected chi connectivity index (χ0v) is 8.03. The summed E-state index contributed by atoms with van der Waals surface area (Å²) in [4.78, 5) is 11.8. The maximum atomic E-state index is 11.8. The third-order valence-corrected chi connectivity index (χ3v) is 2.33. The quantitative estimate of drug-likeness (QED) is 0.712. The lowest BCUT2D eigenvalue weighted by Crippen LogP contribution is -2.31. The molecule has 1 unspecified atom stereocenters. The number of methoxy groups -OCH3 is 1. The molecule has 14 heavy (non-hydrogen) atoms. The zero-order chi connectivity index (χ0) is 9.97. The van der Waals surface area contributed by atoms with Crippen LogP contribution in [0, 0.1) is 5.92 Å². The lowest BCUT2D eigenvalue weighted by molar-refractivity contribution is 0.0663. The Kier molecular flexibility index (Phi) is 2.50. The molecule has 0 aliphatic carbocycles.